The van der Waals surface area contributed by atoms with Crippen LogP contribution in [0.2, 0.25) is 0 Å². The molecule has 1 aliphatic rings. The molecule has 4 heteroatoms. The summed E-state index contributed by atoms with van der Waals surface area (Å²) in [5.41, 5.74) is 1.93. The number of hydrogen-bond donors (Lipinski definition) is 1. The van der Waals surface area contributed by atoms with Gasteiger partial charge < -0.3 is 9.84 Å². The van der Waals surface area contributed by atoms with Gasteiger partial charge in [-0.05, 0) is 51.0 Å². The Morgan fingerprint density at radius 1 is 1.35 bits per heavy atom. The molecule has 0 atom stereocenters. The van der Waals surface area contributed by atoms with E-state index in [0.29, 0.717) is 22.6 Å². The van der Waals surface area contributed by atoms with Gasteiger partial charge in [0.1, 0.15) is 5.75 Å². The molecule has 0 unspecified atom stereocenters. The number of benzene rings is 1. The van der Waals surface area contributed by atoms with Crippen molar-refractivity contribution in [2.24, 2.45) is 0 Å². The van der Waals surface area contributed by atoms with Gasteiger partial charge in [0.05, 0.1) is 17.2 Å². The van der Waals surface area contributed by atoms with Crippen LogP contribution in [0.25, 0.3) is 10.9 Å². The number of pyridine rings is 1. The molecule has 1 saturated carbocycles. The minimum absolute atomic E-state index is 0.0550. The summed E-state index contributed by atoms with van der Waals surface area (Å²) in [6, 6.07) is 7.16. The maximum absolute atomic E-state index is 11.5. The maximum Gasteiger partial charge on any atom is 0.336 e. The first-order valence-electron chi connectivity index (χ1n) is 6.89. The number of carboxylic acid groups (broad SMARTS) is 1. The molecule has 1 aromatic heterocycles. The zero-order valence-corrected chi connectivity index (χ0v) is 11.6. The van der Waals surface area contributed by atoms with Crippen LogP contribution in [0.5, 0.6) is 5.75 Å². The van der Waals surface area contributed by atoms with E-state index in [9.17, 15) is 9.90 Å². The molecule has 0 aliphatic heterocycles. The number of hydrogen-bond acceptors (Lipinski definition) is 3. The summed E-state index contributed by atoms with van der Waals surface area (Å²) < 4.78 is 5.63. The van der Waals surface area contributed by atoms with Crippen molar-refractivity contribution in [2.45, 2.75) is 38.7 Å². The van der Waals surface area contributed by atoms with Gasteiger partial charge in [-0.15, -0.1) is 0 Å². The molecule has 1 aliphatic carbocycles. The largest absolute Gasteiger partial charge is 0.491 e. The molecule has 4 nitrogen and oxygen atoms in total. The molecule has 1 N–H and O–H groups in total. The number of ether oxygens (including phenoxy) is 1. The monoisotopic (exact) mass is 271 g/mol. The van der Waals surface area contributed by atoms with Gasteiger partial charge in [0.15, 0.2) is 0 Å². The third kappa shape index (κ3) is 2.46. The molecule has 0 bridgehead atoms. The van der Waals surface area contributed by atoms with Crippen LogP contribution >= 0.6 is 0 Å². The number of fused-ring (bicyclic) bond motifs is 1. The van der Waals surface area contributed by atoms with Crippen LogP contribution in [-0.4, -0.2) is 22.2 Å². The van der Waals surface area contributed by atoms with Crippen molar-refractivity contribution in [1.82, 2.24) is 4.98 Å². The van der Waals surface area contributed by atoms with Gasteiger partial charge in [-0.1, -0.05) is 0 Å². The lowest BCUT2D eigenvalue weighted by atomic mass is 10.1. The van der Waals surface area contributed by atoms with Crippen LogP contribution < -0.4 is 4.74 Å². The lowest BCUT2D eigenvalue weighted by Gasteiger charge is -2.12. The predicted octanol–water partition coefficient (Wildman–Crippen LogP) is 3.60. The van der Waals surface area contributed by atoms with Crippen molar-refractivity contribution in [2.75, 3.05) is 0 Å². The molecular formula is C16H17NO3. The number of carbonyl (C=O) groups is 1. The van der Waals surface area contributed by atoms with E-state index in [2.05, 4.69) is 4.98 Å². The van der Waals surface area contributed by atoms with Crippen molar-refractivity contribution in [3.8, 4) is 5.75 Å². The zero-order valence-electron chi connectivity index (χ0n) is 11.6. The average molecular weight is 271 g/mol. The van der Waals surface area contributed by atoms with Gasteiger partial charge in [0.25, 0.3) is 0 Å². The Labute approximate surface area is 117 Å². The van der Waals surface area contributed by atoms with Crippen molar-refractivity contribution in [1.29, 1.82) is 0 Å². The Hall–Kier alpha value is -2.10. The molecule has 104 valence electrons. The highest BCUT2D eigenvalue weighted by molar-refractivity contribution is 6.03. The standard InChI is InChI=1S/C16H17NO3/c1-9(2)20-11-5-6-14-12(7-11)13(16(18)19)8-15(17-14)10-3-4-10/h5-10H,3-4H2,1-2H3,(H,18,19). The molecule has 1 heterocycles. The second-order valence-corrected chi connectivity index (χ2v) is 5.52. The fraction of sp³-hybridized carbons (Fsp3) is 0.375. The molecule has 0 amide bonds. The molecule has 1 fully saturated rings. The van der Waals surface area contributed by atoms with E-state index in [-0.39, 0.29) is 6.10 Å². The van der Waals surface area contributed by atoms with E-state index in [0.717, 1.165) is 24.1 Å². The second-order valence-electron chi connectivity index (χ2n) is 5.52. The number of aromatic carboxylic acids is 1. The molecule has 0 saturated heterocycles. The highest BCUT2D eigenvalue weighted by atomic mass is 16.5. The van der Waals surface area contributed by atoms with E-state index < -0.39 is 5.97 Å². The molecule has 2 aromatic rings. The fourth-order valence-electron chi connectivity index (χ4n) is 2.34. The first-order valence-corrected chi connectivity index (χ1v) is 6.89. The summed E-state index contributed by atoms with van der Waals surface area (Å²) in [6.07, 6.45) is 2.26. The number of rotatable bonds is 4. The predicted molar refractivity (Wildman–Crippen MR) is 76.4 cm³/mol. The summed E-state index contributed by atoms with van der Waals surface area (Å²) in [7, 11) is 0. The SMILES string of the molecule is CC(C)Oc1ccc2nc(C3CC3)cc(C(=O)O)c2c1. The zero-order chi connectivity index (χ0) is 14.3. The Bertz CT molecular complexity index is 675. The lowest BCUT2D eigenvalue weighted by molar-refractivity contribution is 0.0699. The van der Waals surface area contributed by atoms with Gasteiger partial charge in [-0.2, -0.15) is 0 Å². The van der Waals surface area contributed by atoms with E-state index in [1.54, 1.807) is 12.1 Å². The Morgan fingerprint density at radius 3 is 2.70 bits per heavy atom. The van der Waals surface area contributed by atoms with Gasteiger partial charge in [-0.3, -0.25) is 4.98 Å². The van der Waals surface area contributed by atoms with Crippen LogP contribution in [0.4, 0.5) is 0 Å². The molecular weight excluding hydrogens is 254 g/mol. The Balaban J connectivity index is 2.14. The van der Waals surface area contributed by atoms with Crippen molar-refractivity contribution in [3.05, 3.63) is 35.5 Å². The van der Waals surface area contributed by atoms with Gasteiger partial charge in [0.2, 0.25) is 0 Å². The number of nitrogens with zero attached hydrogens (tertiary/aromatic N) is 1. The van der Waals surface area contributed by atoms with E-state index >= 15 is 0 Å². The van der Waals surface area contributed by atoms with Gasteiger partial charge >= 0.3 is 5.97 Å². The molecule has 20 heavy (non-hydrogen) atoms. The fourth-order valence-corrected chi connectivity index (χ4v) is 2.34. The quantitative estimate of drug-likeness (QED) is 0.923. The summed E-state index contributed by atoms with van der Waals surface area (Å²) in [5.74, 6) is 0.195. The topological polar surface area (TPSA) is 59.4 Å². The van der Waals surface area contributed by atoms with E-state index in [1.807, 2.05) is 26.0 Å². The first kappa shape index (κ1) is 12.9. The summed E-state index contributed by atoms with van der Waals surface area (Å²) in [4.78, 5) is 16.1. The van der Waals surface area contributed by atoms with Crippen molar-refractivity contribution >= 4 is 16.9 Å². The smallest absolute Gasteiger partial charge is 0.336 e. The van der Waals surface area contributed by atoms with Crippen LogP contribution in [-0.2, 0) is 0 Å². The van der Waals surface area contributed by atoms with E-state index in [1.165, 1.54) is 0 Å². The number of aromatic nitrogens is 1. The van der Waals surface area contributed by atoms with Gasteiger partial charge in [0, 0.05) is 17.0 Å². The third-order valence-corrected chi connectivity index (χ3v) is 3.40. The molecule has 0 spiro atoms. The molecule has 3 rings (SSSR count). The Morgan fingerprint density at radius 2 is 2.10 bits per heavy atom. The van der Waals surface area contributed by atoms with Crippen LogP contribution in [0.1, 0.15) is 48.7 Å². The van der Waals surface area contributed by atoms with Crippen molar-refractivity contribution < 1.29 is 14.6 Å². The van der Waals surface area contributed by atoms with Crippen LogP contribution in [0, 0.1) is 0 Å². The highest BCUT2D eigenvalue weighted by Gasteiger charge is 2.27. The third-order valence-electron chi connectivity index (χ3n) is 3.40. The van der Waals surface area contributed by atoms with Crippen LogP contribution in [0.15, 0.2) is 24.3 Å². The average Bonchev–Trinajstić information content (AvgIpc) is 3.20. The summed E-state index contributed by atoms with van der Waals surface area (Å²) in [6.45, 7) is 3.88. The maximum atomic E-state index is 11.5. The highest BCUT2D eigenvalue weighted by Crippen LogP contribution is 2.40. The van der Waals surface area contributed by atoms with Crippen LogP contribution in [0.3, 0.4) is 0 Å². The first-order chi connectivity index (χ1) is 9.54. The normalized spacial score (nSPS) is 14.8. The Kier molecular flexibility index (Phi) is 3.08. The second kappa shape index (κ2) is 4.78. The van der Waals surface area contributed by atoms with Crippen molar-refractivity contribution in [3.63, 3.8) is 0 Å². The number of carboxylic acids is 1. The van der Waals surface area contributed by atoms with E-state index in [4.69, 9.17) is 4.74 Å². The lowest BCUT2D eigenvalue weighted by Crippen LogP contribution is -2.06. The minimum atomic E-state index is -0.916. The summed E-state index contributed by atoms with van der Waals surface area (Å²) in [5, 5.41) is 10.1. The summed E-state index contributed by atoms with van der Waals surface area (Å²) >= 11 is 0. The molecule has 1 aromatic carbocycles. The minimum Gasteiger partial charge on any atom is -0.491 e. The van der Waals surface area contributed by atoms with Gasteiger partial charge in [-0.25, -0.2) is 4.79 Å². The molecule has 0 radical (unpaired) electrons.